The fraction of sp³-hybridized carbons (Fsp3) is 0.200. The van der Waals surface area contributed by atoms with Crippen LogP contribution in [0.5, 0.6) is 5.75 Å². The maximum absolute atomic E-state index is 13.8. The quantitative estimate of drug-likeness (QED) is 0.406. The highest BCUT2D eigenvalue weighted by molar-refractivity contribution is 6.07. The number of hydrogen-bond acceptors (Lipinski definition) is 3. The number of aromatic nitrogens is 2. The largest absolute Gasteiger partial charge is 0.489 e. The average Bonchev–Trinajstić information content (AvgIpc) is 3.15. The molecule has 5 nitrogen and oxygen atoms in total. The molecule has 0 aliphatic rings. The summed E-state index contributed by atoms with van der Waals surface area (Å²) in [4.78, 5) is 12.6. The minimum atomic E-state index is -0.659. The normalized spacial score (nSPS) is 11.5. The van der Waals surface area contributed by atoms with Gasteiger partial charge >= 0.3 is 0 Å². The summed E-state index contributed by atoms with van der Waals surface area (Å²) in [6.07, 6.45) is 0. The van der Waals surface area contributed by atoms with Gasteiger partial charge in [-0.3, -0.25) is 9.89 Å². The number of H-pyrrole nitrogens is 1. The highest BCUT2D eigenvalue weighted by Gasteiger charge is 2.16. The number of halogens is 2. The molecule has 0 spiro atoms. The third kappa shape index (κ3) is 4.46. The second-order valence-electron chi connectivity index (χ2n) is 8.55. The number of carbonyl (C=O) groups excluding carboxylic acids is 1. The van der Waals surface area contributed by atoms with Crippen molar-refractivity contribution in [3.05, 3.63) is 89.0 Å². The van der Waals surface area contributed by atoms with E-state index in [0.29, 0.717) is 28.0 Å². The van der Waals surface area contributed by atoms with Crippen LogP contribution in [0, 0.1) is 11.6 Å². The van der Waals surface area contributed by atoms with Gasteiger partial charge in [0.2, 0.25) is 0 Å². The number of anilines is 1. The highest BCUT2D eigenvalue weighted by Crippen LogP contribution is 2.27. The van der Waals surface area contributed by atoms with Crippen molar-refractivity contribution < 1.29 is 18.3 Å². The lowest BCUT2D eigenvalue weighted by Gasteiger charge is -2.18. The van der Waals surface area contributed by atoms with Crippen molar-refractivity contribution in [2.24, 2.45) is 0 Å². The Morgan fingerprint density at radius 2 is 1.72 bits per heavy atom. The predicted molar refractivity (Wildman–Crippen MR) is 120 cm³/mol. The number of rotatable bonds is 5. The molecule has 0 atom stereocenters. The molecule has 0 radical (unpaired) electrons. The number of hydrogen-bond donors (Lipinski definition) is 2. The van der Waals surface area contributed by atoms with E-state index in [0.717, 1.165) is 5.56 Å². The van der Waals surface area contributed by atoms with Gasteiger partial charge in [-0.25, -0.2) is 8.78 Å². The Bertz CT molecular complexity index is 1250. The molecule has 0 aliphatic carbocycles. The lowest BCUT2D eigenvalue weighted by molar-refractivity contribution is 0.102. The summed E-state index contributed by atoms with van der Waals surface area (Å²) < 4.78 is 33.1. The number of amides is 1. The van der Waals surface area contributed by atoms with E-state index < -0.39 is 11.6 Å². The van der Waals surface area contributed by atoms with Crippen molar-refractivity contribution in [3.8, 4) is 5.75 Å². The fourth-order valence-electron chi connectivity index (χ4n) is 3.31. The Morgan fingerprint density at radius 3 is 2.38 bits per heavy atom. The summed E-state index contributed by atoms with van der Waals surface area (Å²) >= 11 is 0. The first-order valence-electron chi connectivity index (χ1n) is 10.2. The molecular weight excluding hydrogens is 412 g/mol. The van der Waals surface area contributed by atoms with Gasteiger partial charge in [0, 0.05) is 17.0 Å². The van der Waals surface area contributed by atoms with E-state index in [-0.39, 0.29) is 23.5 Å². The van der Waals surface area contributed by atoms with E-state index >= 15 is 0 Å². The Hall–Kier alpha value is -3.74. The zero-order chi connectivity index (χ0) is 22.9. The van der Waals surface area contributed by atoms with Crippen LogP contribution in [0.15, 0.2) is 60.7 Å². The zero-order valence-electron chi connectivity index (χ0n) is 18.0. The van der Waals surface area contributed by atoms with Crippen molar-refractivity contribution in [1.82, 2.24) is 10.2 Å². The summed E-state index contributed by atoms with van der Waals surface area (Å²) in [5.74, 6) is -0.786. The van der Waals surface area contributed by atoms with Gasteiger partial charge in [0.1, 0.15) is 24.0 Å². The third-order valence-corrected chi connectivity index (χ3v) is 5.22. The minimum absolute atomic E-state index is 0.00519. The van der Waals surface area contributed by atoms with Gasteiger partial charge in [-0.15, -0.1) is 0 Å². The number of nitrogens with zero attached hydrogens (tertiary/aromatic N) is 1. The monoisotopic (exact) mass is 435 g/mol. The van der Waals surface area contributed by atoms with Gasteiger partial charge in [0.15, 0.2) is 5.82 Å². The molecule has 1 heterocycles. The molecule has 1 amide bonds. The lowest BCUT2D eigenvalue weighted by Crippen LogP contribution is -2.14. The molecule has 0 saturated carbocycles. The summed E-state index contributed by atoms with van der Waals surface area (Å²) in [7, 11) is 0. The van der Waals surface area contributed by atoms with Crippen LogP contribution in [0.3, 0.4) is 0 Å². The van der Waals surface area contributed by atoms with Gasteiger partial charge in [-0.05, 0) is 47.4 Å². The standard InChI is InChI=1S/C25H23F2N3O2/c1-25(2,3)16-9-7-15(8-10-16)24(31)28-23-18-12-11-17(13-22(18)29-30-23)32-14-19-20(26)5-4-6-21(19)27/h4-13H,14H2,1-3H3,(H2,28,29,30,31). The molecule has 3 aromatic carbocycles. The molecule has 4 rings (SSSR count). The first kappa shape index (κ1) is 21.5. The van der Waals surface area contributed by atoms with Crippen LogP contribution >= 0.6 is 0 Å². The van der Waals surface area contributed by atoms with Crippen LogP contribution < -0.4 is 10.1 Å². The van der Waals surface area contributed by atoms with Crippen molar-refractivity contribution in [3.63, 3.8) is 0 Å². The Morgan fingerprint density at radius 1 is 1.03 bits per heavy atom. The first-order valence-corrected chi connectivity index (χ1v) is 10.2. The van der Waals surface area contributed by atoms with Crippen LogP contribution in [0.25, 0.3) is 10.9 Å². The van der Waals surface area contributed by atoms with Crippen LogP contribution in [0.1, 0.15) is 42.3 Å². The smallest absolute Gasteiger partial charge is 0.256 e. The van der Waals surface area contributed by atoms with Crippen molar-refractivity contribution in [1.29, 1.82) is 0 Å². The van der Waals surface area contributed by atoms with E-state index in [1.165, 1.54) is 18.2 Å². The van der Waals surface area contributed by atoms with Crippen LogP contribution in [-0.2, 0) is 12.0 Å². The molecule has 0 bridgehead atoms. The second-order valence-corrected chi connectivity index (χ2v) is 8.55. The number of ether oxygens (including phenoxy) is 1. The first-order chi connectivity index (χ1) is 15.2. The molecule has 7 heteroatoms. The fourth-order valence-corrected chi connectivity index (χ4v) is 3.31. The number of nitrogens with one attached hydrogen (secondary N) is 2. The van der Waals surface area contributed by atoms with Crippen molar-refractivity contribution in [2.75, 3.05) is 5.32 Å². The van der Waals surface area contributed by atoms with Gasteiger partial charge in [0.05, 0.1) is 11.1 Å². The number of fused-ring (bicyclic) bond motifs is 1. The summed E-state index contributed by atoms with van der Waals surface area (Å²) in [5.41, 5.74) is 2.16. The van der Waals surface area contributed by atoms with Gasteiger partial charge in [-0.1, -0.05) is 39.0 Å². The topological polar surface area (TPSA) is 67.0 Å². The third-order valence-electron chi connectivity index (χ3n) is 5.22. The van der Waals surface area contributed by atoms with Crippen LogP contribution in [0.4, 0.5) is 14.6 Å². The molecule has 0 fully saturated rings. The summed E-state index contributed by atoms with van der Waals surface area (Å²) in [6.45, 7) is 6.10. The van der Waals surface area contributed by atoms with Gasteiger partial charge in [0.25, 0.3) is 5.91 Å². The predicted octanol–water partition coefficient (Wildman–Crippen LogP) is 5.97. The summed E-state index contributed by atoms with van der Waals surface area (Å²) in [6, 6.07) is 16.2. The molecular formula is C25H23F2N3O2. The maximum Gasteiger partial charge on any atom is 0.256 e. The zero-order valence-corrected chi connectivity index (χ0v) is 18.0. The molecule has 0 aliphatic heterocycles. The average molecular weight is 435 g/mol. The second kappa shape index (κ2) is 8.42. The van der Waals surface area contributed by atoms with Crippen molar-refractivity contribution in [2.45, 2.75) is 32.8 Å². The van der Waals surface area contributed by atoms with E-state index in [2.05, 4.69) is 36.3 Å². The molecule has 0 saturated heterocycles. The number of carbonyl (C=O) groups is 1. The van der Waals surface area contributed by atoms with E-state index in [1.807, 2.05) is 12.1 Å². The Balaban J connectivity index is 1.47. The molecule has 2 N–H and O–H groups in total. The molecule has 32 heavy (non-hydrogen) atoms. The Labute approximate surface area is 184 Å². The number of aromatic amines is 1. The van der Waals surface area contributed by atoms with Gasteiger partial charge < -0.3 is 10.1 Å². The van der Waals surface area contributed by atoms with Gasteiger partial charge in [-0.2, -0.15) is 5.10 Å². The SMILES string of the molecule is CC(C)(C)c1ccc(C(=O)Nc2n[nH]c3cc(OCc4c(F)cccc4F)ccc23)cc1. The maximum atomic E-state index is 13.8. The van der Waals surface area contributed by atoms with Crippen LogP contribution in [-0.4, -0.2) is 16.1 Å². The molecule has 0 unspecified atom stereocenters. The van der Waals surface area contributed by atoms with Crippen LogP contribution in [0.2, 0.25) is 0 Å². The minimum Gasteiger partial charge on any atom is -0.489 e. The van der Waals surface area contributed by atoms with E-state index in [1.54, 1.807) is 30.3 Å². The van der Waals surface area contributed by atoms with Crippen molar-refractivity contribution >= 4 is 22.6 Å². The number of benzene rings is 3. The van der Waals surface area contributed by atoms with E-state index in [9.17, 15) is 13.6 Å². The Kier molecular flexibility index (Phi) is 5.65. The lowest BCUT2D eigenvalue weighted by atomic mass is 9.87. The molecule has 1 aromatic heterocycles. The summed E-state index contributed by atoms with van der Waals surface area (Å²) in [5, 5.41) is 10.5. The molecule has 164 valence electrons. The van der Waals surface area contributed by atoms with E-state index in [4.69, 9.17) is 4.74 Å². The molecule has 4 aromatic rings. The highest BCUT2D eigenvalue weighted by atomic mass is 19.1.